The van der Waals surface area contributed by atoms with Gasteiger partial charge in [-0.15, -0.1) is 0 Å². The zero-order valence-electron chi connectivity index (χ0n) is 12.1. The highest BCUT2D eigenvalue weighted by Crippen LogP contribution is 2.28. The lowest BCUT2D eigenvalue weighted by Crippen LogP contribution is -2.25. The van der Waals surface area contributed by atoms with Gasteiger partial charge in [-0.1, -0.05) is 37.3 Å². The summed E-state index contributed by atoms with van der Waals surface area (Å²) < 4.78 is 5.45. The molecule has 3 heteroatoms. The normalized spacial score (nSPS) is 10.5. The summed E-state index contributed by atoms with van der Waals surface area (Å²) in [5, 5.41) is 5.34. The van der Waals surface area contributed by atoms with Crippen molar-refractivity contribution in [2.24, 2.45) is 0 Å². The van der Waals surface area contributed by atoms with Gasteiger partial charge < -0.3 is 10.1 Å². The van der Waals surface area contributed by atoms with Crippen LogP contribution in [0.2, 0.25) is 0 Å². The van der Waals surface area contributed by atoms with Gasteiger partial charge in [0.1, 0.15) is 5.75 Å². The van der Waals surface area contributed by atoms with Crippen molar-refractivity contribution in [1.29, 1.82) is 0 Å². The van der Waals surface area contributed by atoms with Crippen molar-refractivity contribution in [2.75, 3.05) is 13.7 Å². The third-order valence-electron chi connectivity index (χ3n) is 3.39. The van der Waals surface area contributed by atoms with Gasteiger partial charge in [0.2, 0.25) is 5.91 Å². The van der Waals surface area contributed by atoms with Gasteiger partial charge in [-0.25, -0.2) is 0 Å². The van der Waals surface area contributed by atoms with Crippen molar-refractivity contribution >= 4 is 16.7 Å². The summed E-state index contributed by atoms with van der Waals surface area (Å²) in [6.07, 6.45) is 2.25. The molecule has 20 heavy (non-hydrogen) atoms. The first-order chi connectivity index (χ1) is 9.76. The van der Waals surface area contributed by atoms with E-state index in [1.54, 1.807) is 7.11 Å². The van der Waals surface area contributed by atoms with E-state index >= 15 is 0 Å². The highest BCUT2D eigenvalue weighted by Gasteiger charge is 2.08. The second kappa shape index (κ2) is 6.94. The number of rotatable bonds is 6. The maximum absolute atomic E-state index is 11.5. The molecule has 0 atom stereocenters. The molecular formula is C17H21NO2. The predicted molar refractivity (Wildman–Crippen MR) is 82.1 cm³/mol. The monoisotopic (exact) mass is 271 g/mol. The summed E-state index contributed by atoms with van der Waals surface area (Å²) in [6, 6.07) is 12.3. The molecule has 2 aromatic carbocycles. The second-order valence-corrected chi connectivity index (χ2v) is 4.82. The van der Waals surface area contributed by atoms with Gasteiger partial charge in [0.15, 0.2) is 0 Å². The van der Waals surface area contributed by atoms with Crippen molar-refractivity contribution in [3.63, 3.8) is 0 Å². The minimum Gasteiger partial charge on any atom is -0.496 e. The largest absolute Gasteiger partial charge is 0.496 e. The van der Waals surface area contributed by atoms with E-state index in [0.29, 0.717) is 13.0 Å². The summed E-state index contributed by atoms with van der Waals surface area (Å²) in [5.74, 6) is 1.00. The Kier molecular flexibility index (Phi) is 4.99. The van der Waals surface area contributed by atoms with Crippen LogP contribution in [0.5, 0.6) is 5.75 Å². The molecule has 3 nitrogen and oxygen atoms in total. The van der Waals surface area contributed by atoms with Crippen LogP contribution in [0.4, 0.5) is 0 Å². The first-order valence-electron chi connectivity index (χ1n) is 7.07. The average molecular weight is 271 g/mol. The molecule has 1 amide bonds. The van der Waals surface area contributed by atoms with Crippen LogP contribution in [-0.2, 0) is 11.2 Å². The third-order valence-corrected chi connectivity index (χ3v) is 3.39. The van der Waals surface area contributed by atoms with E-state index in [2.05, 4.69) is 23.5 Å². The minimum atomic E-state index is 0.117. The quantitative estimate of drug-likeness (QED) is 0.875. The van der Waals surface area contributed by atoms with Crippen LogP contribution in [0.1, 0.15) is 25.3 Å². The summed E-state index contributed by atoms with van der Waals surface area (Å²) in [6.45, 7) is 2.65. The number of carbonyl (C=O) groups is 1. The van der Waals surface area contributed by atoms with Crippen LogP contribution in [0.25, 0.3) is 10.8 Å². The van der Waals surface area contributed by atoms with E-state index in [9.17, 15) is 4.79 Å². The predicted octanol–water partition coefficient (Wildman–Crippen LogP) is 3.31. The Balaban J connectivity index is 2.17. The molecule has 2 rings (SSSR count). The zero-order chi connectivity index (χ0) is 14.4. The van der Waals surface area contributed by atoms with Crippen molar-refractivity contribution in [2.45, 2.75) is 26.2 Å². The Bertz CT molecular complexity index is 593. The molecule has 106 valence electrons. The summed E-state index contributed by atoms with van der Waals surface area (Å²) in [5.41, 5.74) is 1.15. The number of hydrogen-bond donors (Lipinski definition) is 1. The summed E-state index contributed by atoms with van der Waals surface area (Å²) in [4.78, 5) is 11.5. The van der Waals surface area contributed by atoms with Crippen LogP contribution in [0.15, 0.2) is 36.4 Å². The Labute approximate surface area is 119 Å². The van der Waals surface area contributed by atoms with Crippen LogP contribution >= 0.6 is 0 Å². The van der Waals surface area contributed by atoms with E-state index in [1.165, 1.54) is 10.8 Å². The van der Waals surface area contributed by atoms with Gasteiger partial charge in [0.05, 0.1) is 7.11 Å². The van der Waals surface area contributed by atoms with Crippen molar-refractivity contribution < 1.29 is 9.53 Å². The van der Waals surface area contributed by atoms with Crippen LogP contribution in [-0.4, -0.2) is 19.6 Å². The van der Waals surface area contributed by atoms with Crippen molar-refractivity contribution in [1.82, 2.24) is 5.32 Å². The van der Waals surface area contributed by atoms with Gasteiger partial charge in [-0.3, -0.25) is 4.79 Å². The van der Waals surface area contributed by atoms with Gasteiger partial charge in [0, 0.05) is 18.5 Å². The number of methoxy groups -OCH3 is 1. The van der Waals surface area contributed by atoms with E-state index in [4.69, 9.17) is 4.74 Å². The minimum absolute atomic E-state index is 0.117. The van der Waals surface area contributed by atoms with Gasteiger partial charge in [-0.2, -0.15) is 0 Å². The van der Waals surface area contributed by atoms with Crippen molar-refractivity contribution in [3.8, 4) is 5.75 Å². The number of benzene rings is 2. The topological polar surface area (TPSA) is 38.3 Å². The second-order valence-electron chi connectivity index (χ2n) is 4.82. The summed E-state index contributed by atoms with van der Waals surface area (Å²) in [7, 11) is 1.68. The standard InChI is InChI=1S/C17H21NO2/c1-3-6-17(19)18-12-11-15-14-8-5-4-7-13(14)9-10-16(15)20-2/h4-5,7-10H,3,6,11-12H2,1-2H3,(H,18,19). The van der Waals surface area contributed by atoms with E-state index in [1.807, 2.05) is 25.1 Å². The maximum Gasteiger partial charge on any atom is 0.219 e. The summed E-state index contributed by atoms with van der Waals surface area (Å²) >= 11 is 0. The molecule has 0 heterocycles. The molecule has 0 aliphatic carbocycles. The fourth-order valence-electron chi connectivity index (χ4n) is 2.41. The maximum atomic E-state index is 11.5. The first kappa shape index (κ1) is 14.4. The highest BCUT2D eigenvalue weighted by atomic mass is 16.5. The lowest BCUT2D eigenvalue weighted by atomic mass is 10.0. The molecule has 0 fully saturated rings. The molecule has 0 aliphatic rings. The van der Waals surface area contributed by atoms with Crippen molar-refractivity contribution in [3.05, 3.63) is 42.0 Å². The fourth-order valence-corrected chi connectivity index (χ4v) is 2.41. The Hall–Kier alpha value is -2.03. The molecular weight excluding hydrogens is 250 g/mol. The van der Waals surface area contributed by atoms with Gasteiger partial charge >= 0.3 is 0 Å². The van der Waals surface area contributed by atoms with E-state index in [-0.39, 0.29) is 5.91 Å². The molecule has 0 aromatic heterocycles. The number of nitrogens with one attached hydrogen (secondary N) is 1. The molecule has 0 radical (unpaired) electrons. The molecule has 0 unspecified atom stereocenters. The number of hydrogen-bond acceptors (Lipinski definition) is 2. The third kappa shape index (κ3) is 3.29. The smallest absolute Gasteiger partial charge is 0.219 e. The molecule has 0 bridgehead atoms. The van der Waals surface area contributed by atoms with Crippen LogP contribution in [0, 0.1) is 0 Å². The number of amides is 1. The van der Waals surface area contributed by atoms with Crippen LogP contribution in [0.3, 0.4) is 0 Å². The van der Waals surface area contributed by atoms with Crippen LogP contribution < -0.4 is 10.1 Å². The Morgan fingerprint density at radius 3 is 2.75 bits per heavy atom. The molecule has 0 saturated heterocycles. The lowest BCUT2D eigenvalue weighted by molar-refractivity contribution is -0.121. The SMILES string of the molecule is CCCC(=O)NCCc1c(OC)ccc2ccccc12. The molecule has 2 aromatic rings. The Morgan fingerprint density at radius 1 is 1.20 bits per heavy atom. The van der Waals surface area contributed by atoms with Gasteiger partial charge in [-0.05, 0) is 29.7 Å². The lowest BCUT2D eigenvalue weighted by Gasteiger charge is -2.12. The highest BCUT2D eigenvalue weighted by molar-refractivity contribution is 5.87. The molecule has 0 aliphatic heterocycles. The Morgan fingerprint density at radius 2 is 2.00 bits per heavy atom. The van der Waals surface area contributed by atoms with Gasteiger partial charge in [0.25, 0.3) is 0 Å². The number of fused-ring (bicyclic) bond motifs is 1. The number of carbonyl (C=O) groups excluding carboxylic acids is 1. The average Bonchev–Trinajstić information content (AvgIpc) is 2.47. The fraction of sp³-hybridized carbons (Fsp3) is 0.353. The number of ether oxygens (including phenoxy) is 1. The first-order valence-corrected chi connectivity index (χ1v) is 7.07. The molecule has 1 N–H and O–H groups in total. The zero-order valence-corrected chi connectivity index (χ0v) is 12.1. The molecule has 0 saturated carbocycles. The van der Waals surface area contributed by atoms with E-state index < -0.39 is 0 Å². The van der Waals surface area contributed by atoms with E-state index in [0.717, 1.165) is 24.2 Å². The molecule has 0 spiro atoms.